The Hall–Kier alpha value is -2.43. The fraction of sp³-hybridized carbons (Fsp3) is 0.421. The fourth-order valence-corrected chi connectivity index (χ4v) is 3.06. The number of ether oxygens (including phenoxy) is 1. The van der Waals surface area contributed by atoms with Gasteiger partial charge in [-0.1, -0.05) is 13.0 Å². The van der Waals surface area contributed by atoms with E-state index in [0.29, 0.717) is 18.2 Å². The average Bonchev–Trinajstić information content (AvgIpc) is 3.29. The molecular weight excluding hydrogens is 304 g/mol. The molecule has 1 aliphatic heterocycles. The molecule has 2 aromatic rings. The van der Waals surface area contributed by atoms with Crippen LogP contribution in [0.2, 0.25) is 0 Å². The average molecular weight is 328 g/mol. The molecule has 24 heavy (non-hydrogen) atoms. The summed E-state index contributed by atoms with van der Waals surface area (Å²) in [6.45, 7) is 4.61. The molecule has 1 aromatic carbocycles. The molecule has 5 nitrogen and oxygen atoms in total. The Morgan fingerprint density at radius 3 is 3.00 bits per heavy atom. The molecule has 1 saturated heterocycles. The van der Waals surface area contributed by atoms with Crippen LogP contribution in [0, 0.1) is 5.92 Å². The van der Waals surface area contributed by atoms with Crippen LogP contribution in [0.25, 0.3) is 0 Å². The number of anilines is 1. The Balaban J connectivity index is 1.51. The van der Waals surface area contributed by atoms with E-state index in [0.717, 1.165) is 37.4 Å². The maximum atomic E-state index is 12.1. The monoisotopic (exact) mass is 328 g/mol. The number of benzene rings is 1. The van der Waals surface area contributed by atoms with Crippen LogP contribution in [0.4, 0.5) is 5.69 Å². The van der Waals surface area contributed by atoms with Gasteiger partial charge in [0.15, 0.2) is 5.76 Å². The minimum Gasteiger partial charge on any atom is -0.497 e. The van der Waals surface area contributed by atoms with Crippen molar-refractivity contribution in [3.05, 3.63) is 47.9 Å². The van der Waals surface area contributed by atoms with Gasteiger partial charge in [-0.05, 0) is 36.6 Å². The zero-order valence-electron chi connectivity index (χ0n) is 14.2. The second-order valence-corrected chi connectivity index (χ2v) is 6.13. The molecule has 0 spiro atoms. The van der Waals surface area contributed by atoms with Crippen molar-refractivity contribution in [1.82, 2.24) is 5.32 Å². The molecule has 1 fully saturated rings. The van der Waals surface area contributed by atoms with Crippen molar-refractivity contribution < 1.29 is 13.9 Å². The molecular formula is C19H24N2O3. The maximum Gasteiger partial charge on any atom is 0.287 e. The number of furan rings is 1. The summed E-state index contributed by atoms with van der Waals surface area (Å²) < 4.78 is 10.8. The van der Waals surface area contributed by atoms with Gasteiger partial charge in [0.1, 0.15) is 11.5 Å². The third kappa shape index (κ3) is 3.72. The molecule has 2 heterocycles. The van der Waals surface area contributed by atoms with Gasteiger partial charge in [-0.25, -0.2) is 0 Å². The molecule has 0 bridgehead atoms. The molecule has 1 aromatic heterocycles. The number of nitrogens with zero attached hydrogens (tertiary/aromatic N) is 1. The van der Waals surface area contributed by atoms with E-state index in [1.807, 2.05) is 25.1 Å². The molecule has 1 N–H and O–H groups in total. The first-order valence-electron chi connectivity index (χ1n) is 8.45. The Kier molecular flexibility index (Phi) is 5.08. The summed E-state index contributed by atoms with van der Waals surface area (Å²) in [5.41, 5.74) is 1.17. The smallest absolute Gasteiger partial charge is 0.287 e. The summed E-state index contributed by atoms with van der Waals surface area (Å²) in [7, 11) is 1.68. The Labute approximate surface area is 142 Å². The predicted molar refractivity (Wildman–Crippen MR) is 93.7 cm³/mol. The van der Waals surface area contributed by atoms with Gasteiger partial charge in [0.25, 0.3) is 5.91 Å². The summed E-state index contributed by atoms with van der Waals surface area (Å²) in [5, 5.41) is 2.99. The first kappa shape index (κ1) is 16.4. The highest BCUT2D eigenvalue weighted by Crippen LogP contribution is 2.26. The zero-order chi connectivity index (χ0) is 16.9. The van der Waals surface area contributed by atoms with Gasteiger partial charge in [-0.15, -0.1) is 0 Å². The van der Waals surface area contributed by atoms with Crippen molar-refractivity contribution in [2.24, 2.45) is 5.92 Å². The number of methoxy groups -OCH3 is 1. The molecule has 128 valence electrons. The van der Waals surface area contributed by atoms with Crippen molar-refractivity contribution in [1.29, 1.82) is 0 Å². The van der Waals surface area contributed by atoms with Gasteiger partial charge < -0.3 is 19.4 Å². The summed E-state index contributed by atoms with van der Waals surface area (Å²) in [4.78, 5) is 14.5. The quantitative estimate of drug-likeness (QED) is 0.885. The van der Waals surface area contributed by atoms with E-state index in [1.165, 1.54) is 5.69 Å². The first-order chi connectivity index (χ1) is 11.7. The molecule has 5 heteroatoms. The lowest BCUT2D eigenvalue weighted by Crippen LogP contribution is -2.30. The van der Waals surface area contributed by atoms with Crippen molar-refractivity contribution in [3.8, 4) is 5.75 Å². The normalized spacial score (nSPS) is 17.1. The lowest BCUT2D eigenvalue weighted by Gasteiger charge is -2.19. The third-order valence-electron chi connectivity index (χ3n) is 4.49. The summed E-state index contributed by atoms with van der Waals surface area (Å²) in [6.07, 6.45) is 1.86. The summed E-state index contributed by atoms with van der Waals surface area (Å²) >= 11 is 0. The maximum absolute atomic E-state index is 12.1. The van der Waals surface area contributed by atoms with Gasteiger partial charge >= 0.3 is 0 Å². The van der Waals surface area contributed by atoms with Gasteiger partial charge in [-0.3, -0.25) is 4.79 Å². The van der Waals surface area contributed by atoms with Crippen LogP contribution in [-0.2, 0) is 6.42 Å². The van der Waals surface area contributed by atoms with E-state index in [2.05, 4.69) is 22.3 Å². The molecule has 1 amide bonds. The molecule has 0 radical (unpaired) electrons. The molecule has 0 aliphatic carbocycles. The van der Waals surface area contributed by atoms with Crippen LogP contribution < -0.4 is 15.0 Å². The largest absolute Gasteiger partial charge is 0.497 e. The summed E-state index contributed by atoms with van der Waals surface area (Å²) in [6, 6.07) is 11.7. The van der Waals surface area contributed by atoms with Crippen LogP contribution in [0.1, 0.15) is 29.7 Å². The number of amides is 1. The van der Waals surface area contributed by atoms with Crippen molar-refractivity contribution in [2.75, 3.05) is 31.6 Å². The van der Waals surface area contributed by atoms with Crippen LogP contribution >= 0.6 is 0 Å². The van der Waals surface area contributed by atoms with Gasteiger partial charge in [0.05, 0.1) is 7.11 Å². The van der Waals surface area contributed by atoms with Crippen LogP contribution in [0.15, 0.2) is 40.8 Å². The van der Waals surface area contributed by atoms with Crippen LogP contribution in [0.5, 0.6) is 5.75 Å². The number of hydrogen-bond donors (Lipinski definition) is 1. The van der Waals surface area contributed by atoms with Gasteiger partial charge in [0, 0.05) is 37.8 Å². The number of nitrogens with one attached hydrogen (secondary N) is 1. The number of rotatable bonds is 6. The first-order valence-corrected chi connectivity index (χ1v) is 8.45. The molecule has 0 saturated carbocycles. The summed E-state index contributed by atoms with van der Waals surface area (Å²) in [5.74, 6) is 2.42. The number of carbonyl (C=O) groups is 1. The molecule has 1 atom stereocenters. The van der Waals surface area contributed by atoms with E-state index in [9.17, 15) is 4.79 Å². The molecule has 0 unspecified atom stereocenters. The van der Waals surface area contributed by atoms with E-state index in [-0.39, 0.29) is 5.91 Å². The highest BCUT2D eigenvalue weighted by Gasteiger charge is 2.24. The van der Waals surface area contributed by atoms with E-state index in [1.54, 1.807) is 13.2 Å². The van der Waals surface area contributed by atoms with Crippen LogP contribution in [-0.4, -0.2) is 32.7 Å². The van der Waals surface area contributed by atoms with Crippen molar-refractivity contribution in [2.45, 2.75) is 19.8 Å². The van der Waals surface area contributed by atoms with Gasteiger partial charge in [-0.2, -0.15) is 0 Å². The molecule has 1 aliphatic rings. The van der Waals surface area contributed by atoms with Crippen LogP contribution in [0.3, 0.4) is 0 Å². The van der Waals surface area contributed by atoms with Crippen molar-refractivity contribution >= 4 is 11.6 Å². The lowest BCUT2D eigenvalue weighted by atomic mass is 10.1. The van der Waals surface area contributed by atoms with E-state index < -0.39 is 0 Å². The number of aryl methyl sites for hydroxylation is 1. The Morgan fingerprint density at radius 1 is 1.38 bits per heavy atom. The minimum absolute atomic E-state index is 0.130. The molecule has 3 rings (SSSR count). The predicted octanol–water partition coefficient (Wildman–Crippen LogP) is 3.11. The fourth-order valence-electron chi connectivity index (χ4n) is 3.06. The number of carbonyl (C=O) groups excluding carboxylic acids is 1. The van der Waals surface area contributed by atoms with E-state index >= 15 is 0 Å². The second-order valence-electron chi connectivity index (χ2n) is 6.13. The SMILES string of the molecule is CCc1ccc(C(=O)NC[C@@H]2CCN(c3cccc(OC)c3)C2)o1. The second kappa shape index (κ2) is 7.43. The van der Waals surface area contributed by atoms with Crippen molar-refractivity contribution in [3.63, 3.8) is 0 Å². The Morgan fingerprint density at radius 2 is 2.25 bits per heavy atom. The minimum atomic E-state index is -0.130. The third-order valence-corrected chi connectivity index (χ3v) is 4.49. The lowest BCUT2D eigenvalue weighted by molar-refractivity contribution is 0.0919. The van der Waals surface area contributed by atoms with Gasteiger partial charge in [0.2, 0.25) is 0 Å². The highest BCUT2D eigenvalue weighted by atomic mass is 16.5. The Bertz CT molecular complexity index is 695. The van der Waals surface area contributed by atoms with E-state index in [4.69, 9.17) is 9.15 Å². The highest BCUT2D eigenvalue weighted by molar-refractivity contribution is 5.91. The number of hydrogen-bond acceptors (Lipinski definition) is 4. The standard InChI is InChI=1S/C19H24N2O3/c1-3-16-7-8-18(24-16)19(22)20-12-14-9-10-21(13-14)15-5-4-6-17(11-15)23-2/h4-8,11,14H,3,9-10,12-13H2,1-2H3,(H,20,22)/t14-/m0/s1. The zero-order valence-corrected chi connectivity index (χ0v) is 14.2. The topological polar surface area (TPSA) is 54.7 Å².